The Bertz CT molecular complexity index is 1560. The molecule has 1 aliphatic carbocycles. The third-order valence-corrected chi connectivity index (χ3v) is 10.2. The Morgan fingerprint density at radius 2 is 1.75 bits per heavy atom. The molecule has 3 aliphatic rings. The Hall–Kier alpha value is -3.51. The predicted molar refractivity (Wildman–Crippen MR) is 188 cm³/mol. The fourth-order valence-corrected chi connectivity index (χ4v) is 7.04. The summed E-state index contributed by atoms with van der Waals surface area (Å²) in [5, 5.41) is 0.966. The summed E-state index contributed by atoms with van der Waals surface area (Å²) in [6.45, 7) is 6.95. The van der Waals surface area contributed by atoms with Gasteiger partial charge >= 0.3 is 5.97 Å². The Balaban J connectivity index is 0.000000187. The van der Waals surface area contributed by atoms with Gasteiger partial charge in [0.05, 0.1) is 17.9 Å². The SMILES string of the molecule is CC1CCCCC1.CN1CCCC1C(=O)OC1CCN(C=O)CC1.Cc1nccc(-n2ccc3c(OCCCS(C)(=O)=O)cccc32)n1. The summed E-state index contributed by atoms with van der Waals surface area (Å²) in [5.74, 6) is 3.33. The molecule has 3 aromatic rings. The number of fused-ring (bicyclic) bond motifs is 1. The molecule has 1 atom stereocenters. The molecule has 48 heavy (non-hydrogen) atoms. The van der Waals surface area contributed by atoms with Crippen molar-refractivity contribution < 1.29 is 27.5 Å². The topological polar surface area (TPSA) is 124 Å². The van der Waals surface area contributed by atoms with E-state index in [1.165, 1.54) is 38.4 Å². The molecule has 11 nitrogen and oxygen atoms in total. The number of amides is 1. The van der Waals surface area contributed by atoms with Gasteiger partial charge in [-0.15, -0.1) is 0 Å². The first kappa shape index (κ1) is 37.3. The van der Waals surface area contributed by atoms with Crippen molar-refractivity contribution in [1.82, 2.24) is 24.3 Å². The highest BCUT2D eigenvalue weighted by molar-refractivity contribution is 7.90. The van der Waals surface area contributed by atoms with Gasteiger partial charge in [-0.05, 0) is 70.0 Å². The summed E-state index contributed by atoms with van der Waals surface area (Å²) in [4.78, 5) is 34.8. The number of nitrogens with zero attached hydrogens (tertiary/aromatic N) is 5. The second-order valence-electron chi connectivity index (χ2n) is 13.3. The lowest BCUT2D eigenvalue weighted by Gasteiger charge is -2.30. The molecule has 0 spiro atoms. The fraction of sp³-hybridized carbons (Fsp3) is 0.611. The normalized spacial score (nSPS) is 19.2. The predicted octanol–water partition coefficient (Wildman–Crippen LogP) is 5.37. The quantitative estimate of drug-likeness (QED) is 0.166. The van der Waals surface area contributed by atoms with Gasteiger partial charge in [0.25, 0.3) is 0 Å². The molecule has 0 N–H and O–H groups in total. The number of hydrogen-bond acceptors (Lipinski definition) is 9. The molecule has 1 aromatic carbocycles. The smallest absolute Gasteiger partial charge is 0.323 e. The van der Waals surface area contributed by atoms with Gasteiger partial charge in [-0.1, -0.05) is 45.1 Å². The number of rotatable bonds is 9. The van der Waals surface area contributed by atoms with E-state index < -0.39 is 9.84 Å². The van der Waals surface area contributed by atoms with Gasteiger partial charge in [0, 0.05) is 50.0 Å². The Morgan fingerprint density at radius 3 is 2.35 bits per heavy atom. The molecule has 2 saturated heterocycles. The van der Waals surface area contributed by atoms with Crippen molar-refractivity contribution in [3.8, 4) is 11.6 Å². The van der Waals surface area contributed by atoms with Crippen molar-refractivity contribution in [3.05, 3.63) is 48.5 Å². The lowest BCUT2D eigenvalue weighted by Crippen LogP contribution is -2.41. The average molecular weight is 684 g/mol. The summed E-state index contributed by atoms with van der Waals surface area (Å²) in [7, 11) is -0.989. The lowest BCUT2D eigenvalue weighted by atomic mass is 9.91. The van der Waals surface area contributed by atoms with Crippen LogP contribution in [0.5, 0.6) is 5.75 Å². The van der Waals surface area contributed by atoms with Crippen LogP contribution in [0.3, 0.4) is 0 Å². The summed E-state index contributed by atoms with van der Waals surface area (Å²) < 4.78 is 35.6. The number of piperidine rings is 1. The molecular formula is C36H53N5O6S. The van der Waals surface area contributed by atoms with E-state index in [4.69, 9.17) is 9.47 Å². The van der Waals surface area contributed by atoms with Crippen LogP contribution >= 0.6 is 0 Å². The zero-order valence-electron chi connectivity index (χ0n) is 29.1. The highest BCUT2D eigenvalue weighted by atomic mass is 32.2. The highest BCUT2D eigenvalue weighted by Crippen LogP contribution is 2.28. The molecule has 0 bridgehead atoms. The first-order valence-electron chi connectivity index (χ1n) is 17.3. The standard InChI is InChI=1S/C17H19N3O3S.C12H20N2O3.C7H14/c1-13-18-9-7-17(19-13)20-10-8-14-15(20)5-3-6-16(14)23-11-4-12-24(2,21)22;1-13-6-2-3-11(13)12(16)17-10-4-7-14(9-15)8-5-10;1-7-5-3-2-4-6-7/h3,5-10H,4,11-12H2,1-2H3;9-11H,2-8H2,1H3;7H,2-6H2,1H3. The van der Waals surface area contributed by atoms with Crippen molar-refractivity contribution in [3.63, 3.8) is 0 Å². The van der Waals surface area contributed by atoms with E-state index in [-0.39, 0.29) is 23.9 Å². The van der Waals surface area contributed by atoms with Crippen molar-refractivity contribution in [2.75, 3.05) is 45.3 Å². The largest absolute Gasteiger partial charge is 0.493 e. The zero-order valence-corrected chi connectivity index (χ0v) is 29.9. The highest BCUT2D eigenvalue weighted by Gasteiger charge is 2.31. The number of aromatic nitrogens is 3. The van der Waals surface area contributed by atoms with Crippen molar-refractivity contribution in [1.29, 1.82) is 0 Å². The first-order chi connectivity index (χ1) is 23.0. The van der Waals surface area contributed by atoms with Crippen LogP contribution in [-0.4, -0.2) is 103 Å². The monoisotopic (exact) mass is 683 g/mol. The molecule has 12 heteroatoms. The van der Waals surface area contributed by atoms with E-state index in [9.17, 15) is 18.0 Å². The second kappa shape index (κ2) is 18.3. The van der Waals surface area contributed by atoms with E-state index in [0.717, 1.165) is 67.0 Å². The summed E-state index contributed by atoms with van der Waals surface area (Å²) in [6.07, 6.45) is 17.2. The van der Waals surface area contributed by atoms with Crippen LogP contribution in [0, 0.1) is 12.8 Å². The fourth-order valence-electron chi connectivity index (χ4n) is 6.40. The van der Waals surface area contributed by atoms with Crippen molar-refractivity contribution in [2.45, 2.75) is 90.2 Å². The molecule has 4 heterocycles. The van der Waals surface area contributed by atoms with Crippen molar-refractivity contribution >= 4 is 33.1 Å². The minimum Gasteiger partial charge on any atom is -0.493 e. The number of sulfone groups is 1. The first-order valence-corrected chi connectivity index (χ1v) is 19.4. The lowest BCUT2D eigenvalue weighted by molar-refractivity contribution is -0.156. The molecular weight excluding hydrogens is 630 g/mol. The number of aryl methyl sites for hydroxylation is 1. The van der Waals surface area contributed by atoms with E-state index in [0.29, 0.717) is 31.9 Å². The van der Waals surface area contributed by atoms with Gasteiger partial charge in [-0.3, -0.25) is 14.5 Å². The zero-order chi connectivity index (χ0) is 34.5. The molecule has 0 radical (unpaired) electrons. The number of likely N-dealkylation sites (N-methyl/N-ethyl adjacent to an activating group) is 1. The number of esters is 1. The molecule has 1 amide bonds. The van der Waals surface area contributed by atoms with Crippen LogP contribution < -0.4 is 4.74 Å². The molecule has 1 unspecified atom stereocenters. The number of hydrogen-bond donors (Lipinski definition) is 0. The summed E-state index contributed by atoms with van der Waals surface area (Å²) >= 11 is 0. The maximum atomic E-state index is 11.9. The molecule has 264 valence electrons. The molecule has 2 aliphatic heterocycles. The number of likely N-dealkylation sites (tertiary alicyclic amines) is 2. The number of benzene rings is 1. The number of carbonyl (C=O) groups excluding carboxylic acids is 2. The van der Waals surface area contributed by atoms with Crippen LogP contribution in [0.4, 0.5) is 0 Å². The van der Waals surface area contributed by atoms with Gasteiger partial charge in [0.1, 0.15) is 39.4 Å². The molecule has 1 saturated carbocycles. The van der Waals surface area contributed by atoms with E-state index in [1.54, 1.807) is 11.1 Å². The van der Waals surface area contributed by atoms with E-state index >= 15 is 0 Å². The average Bonchev–Trinajstić information content (AvgIpc) is 3.71. The Morgan fingerprint density at radius 1 is 1.00 bits per heavy atom. The maximum Gasteiger partial charge on any atom is 0.323 e. The van der Waals surface area contributed by atoms with Gasteiger partial charge in [0.15, 0.2) is 0 Å². The third-order valence-electron chi connectivity index (χ3n) is 9.21. The van der Waals surface area contributed by atoms with Crippen LogP contribution in [-0.2, 0) is 24.2 Å². The van der Waals surface area contributed by atoms with Crippen LogP contribution in [0.15, 0.2) is 42.7 Å². The minimum absolute atomic E-state index is 0.00676. The van der Waals surface area contributed by atoms with Gasteiger partial charge < -0.3 is 18.9 Å². The van der Waals surface area contributed by atoms with Crippen LogP contribution in [0.25, 0.3) is 16.7 Å². The van der Waals surface area contributed by atoms with Crippen LogP contribution in [0.1, 0.15) is 77.0 Å². The Kier molecular flexibility index (Phi) is 14.2. The van der Waals surface area contributed by atoms with E-state index in [1.807, 2.05) is 55.1 Å². The number of carbonyl (C=O) groups is 2. The van der Waals surface area contributed by atoms with Crippen LogP contribution in [0.2, 0.25) is 0 Å². The molecule has 6 rings (SSSR count). The maximum absolute atomic E-state index is 11.9. The van der Waals surface area contributed by atoms with Gasteiger partial charge in [0.2, 0.25) is 6.41 Å². The second-order valence-corrected chi connectivity index (χ2v) is 15.6. The van der Waals surface area contributed by atoms with Crippen molar-refractivity contribution in [2.24, 2.45) is 5.92 Å². The van der Waals surface area contributed by atoms with E-state index in [2.05, 4.69) is 21.8 Å². The van der Waals surface area contributed by atoms with Gasteiger partial charge in [-0.25, -0.2) is 18.4 Å². The number of ether oxygens (including phenoxy) is 2. The summed E-state index contributed by atoms with van der Waals surface area (Å²) in [6, 6.07) is 9.57. The van der Waals surface area contributed by atoms with Gasteiger partial charge in [-0.2, -0.15) is 0 Å². The summed E-state index contributed by atoms with van der Waals surface area (Å²) in [5.41, 5.74) is 0.980. The third kappa shape index (κ3) is 11.6. The Labute approximate surface area is 285 Å². The molecule has 3 fully saturated rings. The molecule has 2 aromatic heterocycles. The minimum atomic E-state index is -2.96.